The van der Waals surface area contributed by atoms with E-state index < -0.39 is 17.4 Å². The van der Waals surface area contributed by atoms with E-state index in [1.54, 1.807) is 13.8 Å². The molecule has 0 unspecified atom stereocenters. The van der Waals surface area contributed by atoms with Gasteiger partial charge in [0.05, 0.1) is 6.61 Å². The molecule has 0 bridgehead atoms. The maximum Gasteiger partial charge on any atom is 0.249 e. The summed E-state index contributed by atoms with van der Waals surface area (Å²) in [6, 6.07) is 9.91. The van der Waals surface area contributed by atoms with Crippen molar-refractivity contribution in [2.24, 2.45) is 5.41 Å². The number of aliphatic hydroxyl groups is 2. The average molecular weight is 336 g/mol. The van der Waals surface area contributed by atoms with Crippen LogP contribution in [0.2, 0.25) is 0 Å². The van der Waals surface area contributed by atoms with Crippen LogP contribution < -0.4 is 10.6 Å². The quantitative estimate of drug-likeness (QED) is 0.471. The summed E-state index contributed by atoms with van der Waals surface area (Å²) in [5.74, 6) is -0.588. The molecule has 0 aliphatic rings. The van der Waals surface area contributed by atoms with Gasteiger partial charge in [-0.2, -0.15) is 0 Å². The Morgan fingerprint density at radius 1 is 1.12 bits per heavy atom. The van der Waals surface area contributed by atoms with Gasteiger partial charge in [-0.25, -0.2) is 0 Å². The van der Waals surface area contributed by atoms with Gasteiger partial charge < -0.3 is 20.8 Å². The Labute approximate surface area is 143 Å². The van der Waals surface area contributed by atoms with E-state index >= 15 is 0 Å². The molecule has 2 amide bonds. The van der Waals surface area contributed by atoms with Crippen molar-refractivity contribution in [2.45, 2.75) is 39.2 Å². The van der Waals surface area contributed by atoms with Gasteiger partial charge in [0.2, 0.25) is 11.8 Å². The number of hydrogen-bond donors (Lipinski definition) is 4. The van der Waals surface area contributed by atoms with Crippen LogP contribution in [0.3, 0.4) is 0 Å². The Bertz CT molecular complexity index is 517. The second-order valence-corrected chi connectivity index (χ2v) is 6.53. The lowest BCUT2D eigenvalue weighted by atomic mass is 9.87. The monoisotopic (exact) mass is 336 g/mol. The zero-order valence-electron chi connectivity index (χ0n) is 14.4. The van der Waals surface area contributed by atoms with Crippen molar-refractivity contribution in [3.63, 3.8) is 0 Å². The van der Waals surface area contributed by atoms with Gasteiger partial charge in [-0.1, -0.05) is 44.2 Å². The number of carbonyl (C=O) groups excluding carboxylic acids is 2. The second kappa shape index (κ2) is 10.1. The third-order valence-corrected chi connectivity index (χ3v) is 3.85. The summed E-state index contributed by atoms with van der Waals surface area (Å²) in [7, 11) is 0. The highest BCUT2D eigenvalue weighted by atomic mass is 16.3. The van der Waals surface area contributed by atoms with Crippen molar-refractivity contribution in [1.29, 1.82) is 0 Å². The summed E-state index contributed by atoms with van der Waals surface area (Å²) in [6.45, 7) is 3.82. The van der Waals surface area contributed by atoms with Crippen molar-refractivity contribution < 1.29 is 19.8 Å². The largest absolute Gasteiger partial charge is 0.396 e. The van der Waals surface area contributed by atoms with E-state index in [-0.39, 0.29) is 12.5 Å². The van der Waals surface area contributed by atoms with Gasteiger partial charge in [0.1, 0.15) is 6.10 Å². The minimum atomic E-state index is -1.28. The summed E-state index contributed by atoms with van der Waals surface area (Å²) in [5, 5.41) is 24.4. The summed E-state index contributed by atoms with van der Waals surface area (Å²) < 4.78 is 0. The number of carbonyl (C=O) groups is 2. The third kappa shape index (κ3) is 7.10. The fourth-order valence-electron chi connectivity index (χ4n) is 2.08. The molecule has 1 aromatic carbocycles. The lowest BCUT2D eigenvalue weighted by Gasteiger charge is -2.27. The number of nitrogens with one attached hydrogen (secondary N) is 2. The van der Waals surface area contributed by atoms with Gasteiger partial charge in [0.15, 0.2) is 0 Å². The van der Waals surface area contributed by atoms with Crippen LogP contribution in [-0.4, -0.2) is 47.8 Å². The molecule has 0 saturated carbocycles. The first-order valence-electron chi connectivity index (χ1n) is 8.24. The van der Waals surface area contributed by atoms with Crippen molar-refractivity contribution in [2.75, 3.05) is 19.7 Å². The van der Waals surface area contributed by atoms with Crippen LogP contribution in [0.4, 0.5) is 0 Å². The Hall–Kier alpha value is -1.92. The van der Waals surface area contributed by atoms with E-state index in [0.717, 1.165) is 6.42 Å². The molecule has 6 nitrogen and oxygen atoms in total. The minimum absolute atomic E-state index is 0.0589. The molecule has 1 rings (SSSR count). The Balaban J connectivity index is 2.14. The molecule has 0 aliphatic carbocycles. The molecule has 0 spiro atoms. The summed E-state index contributed by atoms with van der Waals surface area (Å²) in [4.78, 5) is 23.5. The van der Waals surface area contributed by atoms with E-state index in [2.05, 4.69) is 10.6 Å². The topological polar surface area (TPSA) is 98.7 Å². The molecule has 24 heavy (non-hydrogen) atoms. The first kappa shape index (κ1) is 20.1. The van der Waals surface area contributed by atoms with Crippen LogP contribution in [0.15, 0.2) is 30.3 Å². The van der Waals surface area contributed by atoms with Crippen molar-refractivity contribution in [3.8, 4) is 0 Å². The van der Waals surface area contributed by atoms with Crippen molar-refractivity contribution in [3.05, 3.63) is 35.9 Å². The van der Waals surface area contributed by atoms with Gasteiger partial charge in [0, 0.05) is 24.9 Å². The maximum atomic E-state index is 11.7. The summed E-state index contributed by atoms with van der Waals surface area (Å²) in [6.07, 6.45) is 0.317. The fraction of sp³-hybridized carbons (Fsp3) is 0.556. The zero-order valence-corrected chi connectivity index (χ0v) is 14.4. The normalized spacial score (nSPS) is 12.5. The summed E-state index contributed by atoms with van der Waals surface area (Å²) in [5.41, 5.74) is 0.282. The molecule has 0 fully saturated rings. The molecule has 1 atom stereocenters. The van der Waals surface area contributed by atoms with Gasteiger partial charge in [0.25, 0.3) is 0 Å². The number of aliphatic hydroxyl groups excluding tert-OH is 2. The van der Waals surface area contributed by atoms with Crippen LogP contribution >= 0.6 is 0 Å². The number of hydrogen-bond acceptors (Lipinski definition) is 4. The van der Waals surface area contributed by atoms with Crippen LogP contribution in [0.1, 0.15) is 32.3 Å². The standard InChI is InChI=1S/C18H28N2O4/c1-18(2,13-21)16(23)17(24)20-11-6-9-15(22)19-12-10-14-7-4-3-5-8-14/h3-5,7-8,16,21,23H,6,9-13H2,1-2H3,(H,19,22)(H,20,24)/t16-/m0/s1. The summed E-state index contributed by atoms with van der Waals surface area (Å²) >= 11 is 0. The predicted octanol–water partition coefficient (Wildman–Crippen LogP) is 0.621. The molecule has 0 aliphatic heterocycles. The molecule has 4 N–H and O–H groups in total. The highest BCUT2D eigenvalue weighted by Crippen LogP contribution is 2.19. The Kier molecular flexibility index (Phi) is 8.43. The molecule has 6 heteroatoms. The van der Waals surface area contributed by atoms with Crippen molar-refractivity contribution >= 4 is 11.8 Å². The predicted molar refractivity (Wildman–Crippen MR) is 92.3 cm³/mol. The highest BCUT2D eigenvalue weighted by Gasteiger charge is 2.32. The van der Waals surface area contributed by atoms with E-state index in [0.29, 0.717) is 25.9 Å². The molecular formula is C18H28N2O4. The fourth-order valence-corrected chi connectivity index (χ4v) is 2.08. The molecule has 0 aromatic heterocycles. The van der Waals surface area contributed by atoms with Crippen molar-refractivity contribution in [1.82, 2.24) is 10.6 Å². The first-order chi connectivity index (χ1) is 11.4. The molecule has 134 valence electrons. The van der Waals surface area contributed by atoms with E-state index in [4.69, 9.17) is 5.11 Å². The maximum absolute atomic E-state index is 11.7. The zero-order chi connectivity index (χ0) is 18.0. The van der Waals surface area contributed by atoms with Gasteiger partial charge in [-0.3, -0.25) is 9.59 Å². The van der Waals surface area contributed by atoms with Gasteiger partial charge in [-0.05, 0) is 18.4 Å². The van der Waals surface area contributed by atoms with Gasteiger partial charge >= 0.3 is 0 Å². The van der Waals surface area contributed by atoms with Gasteiger partial charge in [-0.15, -0.1) is 0 Å². The van der Waals surface area contributed by atoms with Crippen LogP contribution in [0.5, 0.6) is 0 Å². The molecule has 0 radical (unpaired) electrons. The lowest BCUT2D eigenvalue weighted by molar-refractivity contribution is -0.137. The first-order valence-corrected chi connectivity index (χ1v) is 8.24. The molecule has 0 heterocycles. The molecule has 0 saturated heterocycles. The van der Waals surface area contributed by atoms with Crippen LogP contribution in [0, 0.1) is 5.41 Å². The average Bonchev–Trinajstić information content (AvgIpc) is 2.58. The number of rotatable bonds is 10. The van der Waals surface area contributed by atoms with E-state index in [9.17, 15) is 14.7 Å². The molecule has 1 aromatic rings. The SMILES string of the molecule is CC(C)(CO)[C@@H](O)C(=O)NCCCC(=O)NCCc1ccccc1. The van der Waals surface area contributed by atoms with Crippen LogP contribution in [-0.2, 0) is 16.0 Å². The lowest BCUT2D eigenvalue weighted by Crippen LogP contribution is -2.45. The Morgan fingerprint density at radius 3 is 2.42 bits per heavy atom. The second-order valence-electron chi connectivity index (χ2n) is 6.53. The number of benzene rings is 1. The number of amides is 2. The Morgan fingerprint density at radius 2 is 1.79 bits per heavy atom. The van der Waals surface area contributed by atoms with Crippen LogP contribution in [0.25, 0.3) is 0 Å². The third-order valence-electron chi connectivity index (χ3n) is 3.85. The van der Waals surface area contributed by atoms with E-state index in [1.807, 2.05) is 30.3 Å². The minimum Gasteiger partial charge on any atom is -0.396 e. The molecular weight excluding hydrogens is 308 g/mol. The van der Waals surface area contributed by atoms with E-state index in [1.165, 1.54) is 5.56 Å². The highest BCUT2D eigenvalue weighted by molar-refractivity contribution is 5.81. The smallest absolute Gasteiger partial charge is 0.249 e.